The Balaban J connectivity index is 1.70. The highest BCUT2D eigenvalue weighted by Gasteiger charge is 2.52. The van der Waals surface area contributed by atoms with Gasteiger partial charge >= 0.3 is 5.97 Å². The van der Waals surface area contributed by atoms with Gasteiger partial charge in [-0.05, 0) is 37.5 Å². The monoisotopic (exact) mass is 357 g/mol. The number of carbonyl (C=O) groups is 2. The van der Waals surface area contributed by atoms with Crippen molar-refractivity contribution in [2.45, 2.75) is 31.3 Å². The van der Waals surface area contributed by atoms with E-state index in [0.717, 1.165) is 6.42 Å². The fraction of sp³-hybridized carbons (Fsp3) is 0.333. The van der Waals surface area contributed by atoms with Crippen molar-refractivity contribution in [1.29, 1.82) is 0 Å². The van der Waals surface area contributed by atoms with Crippen LogP contribution in [0.15, 0.2) is 41.3 Å². The molecule has 0 spiro atoms. The van der Waals surface area contributed by atoms with E-state index in [4.69, 9.17) is 0 Å². The van der Waals surface area contributed by atoms with E-state index in [2.05, 4.69) is 5.10 Å². The van der Waals surface area contributed by atoms with Crippen LogP contribution in [0.1, 0.15) is 29.8 Å². The standard InChI is InChI=1S/C18H16FN3O4/c19-10-2-1-3-11(8-10)21-7-6-15(23)16(20-21)17(24)22-12-4-5-14(22)13(9-12)18(25)26/h1-3,6-8,12-14H,4-5,9H2,(H,25,26)/t12-,13-,14+/m1/s1. The number of carbonyl (C=O) groups excluding carboxylic acids is 1. The summed E-state index contributed by atoms with van der Waals surface area (Å²) < 4.78 is 14.7. The molecule has 0 saturated carbocycles. The molecule has 0 aliphatic carbocycles. The van der Waals surface area contributed by atoms with Gasteiger partial charge in [-0.3, -0.25) is 14.4 Å². The molecule has 1 amide bonds. The molecule has 2 saturated heterocycles. The van der Waals surface area contributed by atoms with E-state index >= 15 is 0 Å². The Labute approximate surface area is 147 Å². The number of hydrogen-bond donors (Lipinski definition) is 1. The smallest absolute Gasteiger partial charge is 0.308 e. The van der Waals surface area contributed by atoms with Crippen molar-refractivity contribution in [2.75, 3.05) is 0 Å². The number of carboxylic acids is 1. The first-order valence-corrected chi connectivity index (χ1v) is 8.37. The highest BCUT2D eigenvalue weighted by molar-refractivity contribution is 5.93. The molecule has 26 heavy (non-hydrogen) atoms. The van der Waals surface area contributed by atoms with E-state index in [1.807, 2.05) is 0 Å². The van der Waals surface area contributed by atoms with Crippen LogP contribution in [0.25, 0.3) is 5.69 Å². The zero-order chi connectivity index (χ0) is 18.4. The Bertz CT molecular complexity index is 957. The van der Waals surface area contributed by atoms with Crippen LogP contribution in [0.2, 0.25) is 0 Å². The molecule has 3 heterocycles. The minimum atomic E-state index is -0.923. The van der Waals surface area contributed by atoms with Crippen LogP contribution >= 0.6 is 0 Å². The molecule has 2 aromatic rings. The SMILES string of the molecule is O=C(O)[C@@H]1C[C@H]2CC[C@@H]1N2C(=O)c1nn(-c2cccc(F)c2)ccc1=O. The van der Waals surface area contributed by atoms with E-state index in [-0.39, 0.29) is 11.7 Å². The number of halogens is 1. The molecule has 4 rings (SSSR count). The summed E-state index contributed by atoms with van der Waals surface area (Å²) in [5.74, 6) is -2.55. The third kappa shape index (κ3) is 2.58. The molecule has 2 aliphatic heterocycles. The molecule has 1 N–H and O–H groups in total. The summed E-state index contributed by atoms with van der Waals surface area (Å²) in [6.45, 7) is 0. The van der Waals surface area contributed by atoms with Gasteiger partial charge in [0, 0.05) is 24.3 Å². The molecule has 1 aromatic heterocycles. The lowest BCUT2D eigenvalue weighted by Gasteiger charge is -2.22. The minimum Gasteiger partial charge on any atom is -0.481 e. The van der Waals surface area contributed by atoms with Crippen molar-refractivity contribution < 1.29 is 19.1 Å². The van der Waals surface area contributed by atoms with Crippen molar-refractivity contribution in [3.8, 4) is 5.69 Å². The average Bonchev–Trinajstić information content (AvgIpc) is 3.19. The first-order chi connectivity index (χ1) is 12.5. The van der Waals surface area contributed by atoms with Gasteiger partial charge in [0.2, 0.25) is 5.43 Å². The van der Waals surface area contributed by atoms with Gasteiger partial charge in [0.1, 0.15) is 5.82 Å². The van der Waals surface area contributed by atoms with Gasteiger partial charge in [-0.2, -0.15) is 5.10 Å². The second-order valence-corrected chi connectivity index (χ2v) is 6.64. The predicted molar refractivity (Wildman–Crippen MR) is 88.5 cm³/mol. The van der Waals surface area contributed by atoms with E-state index in [0.29, 0.717) is 18.5 Å². The number of aliphatic carboxylic acids is 1. The summed E-state index contributed by atoms with van der Waals surface area (Å²) >= 11 is 0. The molecule has 7 nitrogen and oxygen atoms in total. The molecule has 2 bridgehead atoms. The van der Waals surface area contributed by atoms with Crippen molar-refractivity contribution in [3.63, 3.8) is 0 Å². The number of amides is 1. The summed E-state index contributed by atoms with van der Waals surface area (Å²) in [4.78, 5) is 38.0. The Morgan fingerprint density at radius 1 is 1.23 bits per heavy atom. The molecule has 2 fully saturated rings. The quantitative estimate of drug-likeness (QED) is 0.898. The Morgan fingerprint density at radius 2 is 2.04 bits per heavy atom. The molecule has 0 unspecified atom stereocenters. The molecule has 8 heteroatoms. The highest BCUT2D eigenvalue weighted by atomic mass is 19.1. The van der Waals surface area contributed by atoms with Crippen molar-refractivity contribution in [2.24, 2.45) is 5.92 Å². The van der Waals surface area contributed by atoms with E-state index < -0.39 is 35.1 Å². The van der Waals surface area contributed by atoms with Gasteiger partial charge in [0.15, 0.2) is 5.69 Å². The van der Waals surface area contributed by atoms with E-state index in [9.17, 15) is 23.9 Å². The largest absolute Gasteiger partial charge is 0.481 e. The average molecular weight is 357 g/mol. The number of hydrogen-bond acceptors (Lipinski definition) is 4. The predicted octanol–water partition coefficient (Wildman–Crippen LogP) is 1.45. The summed E-state index contributed by atoms with van der Waals surface area (Å²) in [5, 5.41) is 13.4. The van der Waals surface area contributed by atoms with Crippen molar-refractivity contribution in [3.05, 3.63) is 58.3 Å². The maximum atomic E-state index is 13.4. The van der Waals surface area contributed by atoms with Crippen LogP contribution in [0.5, 0.6) is 0 Å². The summed E-state index contributed by atoms with van der Waals surface area (Å²) in [6, 6.07) is 6.25. The Hall–Kier alpha value is -3.03. The molecule has 134 valence electrons. The second kappa shape index (κ2) is 6.05. The van der Waals surface area contributed by atoms with E-state index in [1.54, 1.807) is 6.07 Å². The maximum Gasteiger partial charge on any atom is 0.308 e. The van der Waals surface area contributed by atoms with Gasteiger partial charge in [-0.15, -0.1) is 0 Å². The first kappa shape index (κ1) is 16.4. The van der Waals surface area contributed by atoms with Crippen LogP contribution in [-0.2, 0) is 4.79 Å². The third-order valence-corrected chi connectivity index (χ3v) is 5.17. The summed E-state index contributed by atoms with van der Waals surface area (Å²) in [6.07, 6.45) is 3.10. The number of aromatic nitrogens is 2. The molecule has 3 atom stereocenters. The van der Waals surface area contributed by atoms with Gasteiger partial charge in [0.25, 0.3) is 5.91 Å². The number of fused-ring (bicyclic) bond motifs is 2. The van der Waals surface area contributed by atoms with Gasteiger partial charge in [-0.1, -0.05) is 6.07 Å². The number of benzene rings is 1. The lowest BCUT2D eigenvalue weighted by atomic mass is 9.89. The zero-order valence-corrected chi connectivity index (χ0v) is 13.7. The third-order valence-electron chi connectivity index (χ3n) is 5.17. The van der Waals surface area contributed by atoms with Crippen LogP contribution in [-0.4, -0.2) is 43.7 Å². The lowest BCUT2D eigenvalue weighted by molar-refractivity contribution is -0.142. The normalized spacial score (nSPS) is 24.0. The molecule has 0 radical (unpaired) electrons. The molecular weight excluding hydrogens is 341 g/mol. The topological polar surface area (TPSA) is 92.5 Å². The summed E-state index contributed by atoms with van der Waals surface area (Å²) in [5.41, 5.74) is -0.438. The van der Waals surface area contributed by atoms with Crippen LogP contribution in [0, 0.1) is 11.7 Å². The molecule has 1 aromatic carbocycles. The number of nitrogens with zero attached hydrogens (tertiary/aromatic N) is 3. The van der Waals surface area contributed by atoms with Crippen LogP contribution < -0.4 is 5.43 Å². The van der Waals surface area contributed by atoms with Gasteiger partial charge < -0.3 is 10.0 Å². The fourth-order valence-electron chi connectivity index (χ4n) is 4.01. The maximum absolute atomic E-state index is 13.4. The van der Waals surface area contributed by atoms with Gasteiger partial charge in [-0.25, -0.2) is 9.07 Å². The lowest BCUT2D eigenvalue weighted by Crippen LogP contribution is -2.40. The second-order valence-electron chi connectivity index (χ2n) is 6.64. The van der Waals surface area contributed by atoms with Crippen molar-refractivity contribution >= 4 is 11.9 Å². The van der Waals surface area contributed by atoms with Crippen LogP contribution in [0.3, 0.4) is 0 Å². The Morgan fingerprint density at radius 3 is 2.73 bits per heavy atom. The molecule has 2 aliphatic rings. The molecular formula is C18H16FN3O4. The fourth-order valence-corrected chi connectivity index (χ4v) is 4.01. The first-order valence-electron chi connectivity index (χ1n) is 8.37. The highest BCUT2D eigenvalue weighted by Crippen LogP contribution is 2.42. The van der Waals surface area contributed by atoms with Crippen molar-refractivity contribution in [1.82, 2.24) is 14.7 Å². The van der Waals surface area contributed by atoms with Gasteiger partial charge in [0.05, 0.1) is 11.6 Å². The number of carboxylic acid groups (broad SMARTS) is 1. The minimum absolute atomic E-state index is 0.183. The number of rotatable bonds is 3. The van der Waals surface area contributed by atoms with E-state index in [1.165, 1.54) is 40.0 Å². The Kier molecular flexibility index (Phi) is 3.82. The van der Waals surface area contributed by atoms with Crippen LogP contribution in [0.4, 0.5) is 4.39 Å². The summed E-state index contributed by atoms with van der Waals surface area (Å²) in [7, 11) is 0. The zero-order valence-electron chi connectivity index (χ0n) is 13.7.